The Morgan fingerprint density at radius 2 is 0.550 bits per heavy atom. The number of unbranched alkanes of at least 4 members (excludes halogenated alkanes) is 20. The number of rotatable bonds is 30. The van der Waals surface area contributed by atoms with Crippen LogP contribution in [0, 0.1) is 0 Å². The first-order chi connectivity index (χ1) is 28.9. The van der Waals surface area contributed by atoms with Crippen LogP contribution in [0.4, 0.5) is 0 Å². The quantitative estimate of drug-likeness (QED) is 0.0244. The van der Waals surface area contributed by atoms with Crippen molar-refractivity contribution in [3.8, 4) is 0 Å². The van der Waals surface area contributed by atoms with Gasteiger partial charge in [-0.15, -0.1) is 0 Å². The minimum absolute atomic E-state index is 1.25. The monoisotopic (exact) mass is 1070 g/mol. The summed E-state index contributed by atoms with van der Waals surface area (Å²) in [6.07, 6.45) is 37.9. The van der Waals surface area contributed by atoms with Crippen LogP contribution >= 0.6 is 22.7 Å². The second kappa shape index (κ2) is 25.4. The Labute approximate surface area is 387 Å². The molecule has 2 aromatic heterocycles. The van der Waals surface area contributed by atoms with E-state index in [9.17, 15) is 0 Å². The Bertz CT molecular complexity index is 1900. The second-order valence-electron chi connectivity index (χ2n) is 21.1. The van der Waals surface area contributed by atoms with Gasteiger partial charge >= 0.3 is 377 Å². The minimum atomic E-state index is -2.34. The Balaban J connectivity index is 1.77. The third kappa shape index (κ3) is 13.9. The van der Waals surface area contributed by atoms with Gasteiger partial charge in [0.2, 0.25) is 0 Å². The van der Waals surface area contributed by atoms with E-state index >= 15 is 0 Å². The zero-order valence-corrected chi connectivity index (χ0v) is 48.3. The molecular formula is C56H90S2Sn2. The van der Waals surface area contributed by atoms with E-state index in [1.807, 2.05) is 0 Å². The van der Waals surface area contributed by atoms with E-state index in [1.165, 1.54) is 180 Å². The van der Waals surface area contributed by atoms with Crippen molar-refractivity contribution in [1.29, 1.82) is 0 Å². The van der Waals surface area contributed by atoms with Gasteiger partial charge in [0.25, 0.3) is 0 Å². The third-order valence-electron chi connectivity index (χ3n) is 13.7. The fourth-order valence-electron chi connectivity index (χ4n) is 9.97. The van der Waals surface area contributed by atoms with E-state index in [4.69, 9.17) is 0 Å². The first-order valence-electron chi connectivity index (χ1n) is 25.9. The maximum absolute atomic E-state index is 2.82. The molecule has 0 amide bonds. The first-order valence-corrected chi connectivity index (χ1v) is 47.5. The van der Waals surface area contributed by atoms with Gasteiger partial charge in [0, 0.05) is 0 Å². The second-order valence-corrected chi connectivity index (χ2v) is 54.1. The van der Waals surface area contributed by atoms with Crippen molar-refractivity contribution in [2.75, 3.05) is 0 Å². The summed E-state index contributed by atoms with van der Waals surface area (Å²) in [5.74, 6) is 0. The van der Waals surface area contributed by atoms with Gasteiger partial charge in [-0.1, -0.05) is 13.8 Å². The Kier molecular flexibility index (Phi) is 21.5. The van der Waals surface area contributed by atoms with Crippen LogP contribution in [0.3, 0.4) is 0 Å². The molecule has 0 bridgehead atoms. The summed E-state index contributed by atoms with van der Waals surface area (Å²) in [5.41, 5.74) is 6.98. The van der Waals surface area contributed by atoms with E-state index < -0.39 is 36.8 Å². The summed E-state index contributed by atoms with van der Waals surface area (Å²) in [7, 11) is 0. The van der Waals surface area contributed by atoms with Gasteiger partial charge in [-0.2, -0.15) is 0 Å². The van der Waals surface area contributed by atoms with Gasteiger partial charge in [0.1, 0.15) is 0 Å². The van der Waals surface area contributed by atoms with Crippen molar-refractivity contribution in [2.45, 2.75) is 237 Å². The van der Waals surface area contributed by atoms with Crippen LogP contribution in [0.5, 0.6) is 0 Å². The molecule has 0 N–H and O–H groups in total. The van der Waals surface area contributed by atoms with Crippen LogP contribution in [0.2, 0.25) is 29.6 Å². The first kappa shape index (κ1) is 50.7. The van der Waals surface area contributed by atoms with Gasteiger partial charge in [-0.25, -0.2) is 0 Å². The summed E-state index contributed by atoms with van der Waals surface area (Å²) >= 11 is -0.224. The van der Waals surface area contributed by atoms with Crippen molar-refractivity contribution >= 4 is 107 Å². The average Bonchev–Trinajstić information content (AvgIpc) is 3.88. The number of fused-ring (bicyclic) bond motifs is 6. The summed E-state index contributed by atoms with van der Waals surface area (Å²) < 4.78 is 6.83. The van der Waals surface area contributed by atoms with Crippen LogP contribution < -0.4 is 5.79 Å². The zero-order chi connectivity index (χ0) is 43.1. The average molecular weight is 1060 g/mol. The maximum atomic E-state index is 2.82. The molecule has 5 rings (SSSR count). The molecule has 0 atom stereocenters. The van der Waals surface area contributed by atoms with Gasteiger partial charge in [0.05, 0.1) is 0 Å². The van der Waals surface area contributed by atoms with E-state index in [-0.39, 0.29) is 0 Å². The molecule has 4 heteroatoms. The van der Waals surface area contributed by atoms with Crippen LogP contribution in [-0.4, -0.2) is 36.8 Å². The molecule has 0 saturated heterocycles. The molecule has 0 aliphatic heterocycles. The molecule has 5 aromatic rings. The standard InChI is InChI=1S/C50H72S2.6CH3.2Sn/c1-5-9-13-17-21-25-29-39-41(31-27-23-19-15-11-7-3)45-37-48-46(38-47(45)49-43(39)33-35-51-49)42(32-28-24-20-16-12-8-4)40(44-34-36-52-50(44)48)30-26-22-18-14-10-6-2;;;;;;;;/h33-34,37-38H,5-32H2,1-4H3;6*1H3;;. The van der Waals surface area contributed by atoms with Crippen molar-refractivity contribution in [3.05, 3.63) is 46.5 Å². The van der Waals surface area contributed by atoms with Crippen molar-refractivity contribution in [2.24, 2.45) is 0 Å². The predicted molar refractivity (Wildman–Crippen MR) is 286 cm³/mol. The Hall–Kier alpha value is -0.303. The molecule has 0 fully saturated rings. The molecule has 334 valence electrons. The molecule has 0 saturated carbocycles. The molecular weight excluding hydrogens is 974 g/mol. The number of hydrogen-bond acceptors (Lipinski definition) is 2. The van der Waals surface area contributed by atoms with E-state index in [1.54, 1.807) is 69.8 Å². The SMILES string of the molecule is CCCCCCCCc1c(CCCCCCCC)c2c[c]([Sn]([CH3])([CH3])[CH3])sc2c2cc3c(CCCCCCCC)c(CCCCCCCC)c4c[c]([Sn]([CH3])([CH3])[CH3])sc4c3cc12. The van der Waals surface area contributed by atoms with Crippen molar-refractivity contribution in [3.63, 3.8) is 0 Å². The number of benzene rings is 3. The molecule has 3 aromatic carbocycles. The molecule has 0 nitrogen and oxygen atoms in total. The fourth-order valence-corrected chi connectivity index (χ4v) is 22.8. The van der Waals surface area contributed by atoms with Crippen LogP contribution in [0.15, 0.2) is 24.3 Å². The van der Waals surface area contributed by atoms with E-state index in [2.05, 4.69) is 104 Å². The molecule has 60 heavy (non-hydrogen) atoms. The van der Waals surface area contributed by atoms with Crippen molar-refractivity contribution in [1.82, 2.24) is 0 Å². The molecule has 0 aliphatic rings. The number of aryl methyl sites for hydroxylation is 4. The van der Waals surface area contributed by atoms with Gasteiger partial charge in [-0.3, -0.25) is 0 Å². The van der Waals surface area contributed by atoms with Crippen LogP contribution in [0.1, 0.15) is 204 Å². The topological polar surface area (TPSA) is 0 Å². The van der Waals surface area contributed by atoms with E-state index in [0.717, 1.165) is 0 Å². The molecule has 0 aliphatic carbocycles. The summed E-state index contributed by atoms with van der Waals surface area (Å²) in [6, 6.07) is 11.2. The van der Waals surface area contributed by atoms with Gasteiger partial charge in [0.15, 0.2) is 0 Å². The van der Waals surface area contributed by atoms with Gasteiger partial charge < -0.3 is 0 Å². The molecule has 0 spiro atoms. The normalized spacial score (nSPS) is 12.7. The summed E-state index contributed by atoms with van der Waals surface area (Å²) in [5, 5.41) is 9.80. The molecule has 0 unspecified atom stereocenters. The summed E-state index contributed by atoms with van der Waals surface area (Å²) in [6.45, 7) is 9.41. The molecule has 0 radical (unpaired) electrons. The fraction of sp³-hybridized carbons (Fsp3) is 0.679. The predicted octanol–water partition coefficient (Wildman–Crippen LogP) is 19.1. The van der Waals surface area contributed by atoms with Crippen LogP contribution in [0.25, 0.3) is 41.7 Å². The number of thiophene rings is 2. The Morgan fingerprint density at radius 3 is 0.817 bits per heavy atom. The zero-order valence-electron chi connectivity index (χ0n) is 40.9. The van der Waals surface area contributed by atoms with Crippen LogP contribution in [-0.2, 0) is 25.7 Å². The summed E-state index contributed by atoms with van der Waals surface area (Å²) in [4.78, 5) is 15.9. The van der Waals surface area contributed by atoms with Gasteiger partial charge in [-0.05, 0) is 0 Å². The number of hydrogen-bond donors (Lipinski definition) is 0. The molecule has 2 heterocycles. The Morgan fingerprint density at radius 1 is 0.300 bits per heavy atom. The van der Waals surface area contributed by atoms with E-state index in [0.29, 0.717) is 0 Å². The van der Waals surface area contributed by atoms with Crippen molar-refractivity contribution < 1.29 is 0 Å². The third-order valence-corrected chi connectivity index (χ3v) is 34.9.